The first-order valence-electron chi connectivity index (χ1n) is 13.3. The second-order valence-corrected chi connectivity index (χ2v) is 10.1. The highest BCUT2D eigenvalue weighted by Crippen LogP contribution is 2.31. The average Bonchev–Trinajstić information content (AvgIpc) is 3.38. The first-order chi connectivity index (χ1) is 19.9. The number of alkyl halides is 3. The van der Waals surface area contributed by atoms with Crippen molar-refractivity contribution in [3.8, 4) is 17.0 Å². The smallest absolute Gasteiger partial charge is 0.425 e. The number of aryl methyl sites for hydroxylation is 1. The van der Waals surface area contributed by atoms with Crippen molar-refractivity contribution in [1.29, 1.82) is 0 Å². The van der Waals surface area contributed by atoms with Crippen LogP contribution in [0.3, 0.4) is 0 Å². The lowest BCUT2D eigenvalue weighted by atomic mass is 10.0. The van der Waals surface area contributed by atoms with Gasteiger partial charge in [-0.25, -0.2) is 9.78 Å². The Labute approximate surface area is 247 Å². The van der Waals surface area contributed by atoms with Gasteiger partial charge in [0.25, 0.3) is 5.91 Å². The highest BCUT2D eigenvalue weighted by Gasteiger charge is 2.38. The molecular formula is C29H34ClF3N4O5. The summed E-state index contributed by atoms with van der Waals surface area (Å²) >= 11 is 6.08. The van der Waals surface area contributed by atoms with E-state index in [1.54, 1.807) is 0 Å². The molecule has 3 rings (SSSR count). The number of carbonyl (C=O) groups excluding carboxylic acids is 2. The van der Waals surface area contributed by atoms with E-state index >= 15 is 0 Å². The van der Waals surface area contributed by atoms with Crippen LogP contribution in [0.1, 0.15) is 55.0 Å². The third-order valence-corrected chi connectivity index (χ3v) is 6.85. The minimum absolute atomic E-state index is 0.128. The number of nitrogens with one attached hydrogen (secondary N) is 2. The number of carbonyl (C=O) groups is 2. The van der Waals surface area contributed by atoms with Crippen molar-refractivity contribution < 1.29 is 37.3 Å². The number of imidazole rings is 1. The van der Waals surface area contributed by atoms with Gasteiger partial charge >= 0.3 is 12.3 Å². The molecule has 1 heterocycles. The van der Waals surface area contributed by atoms with Gasteiger partial charge in [-0.1, -0.05) is 35.9 Å². The first kappa shape index (κ1) is 32.7. The maximum atomic E-state index is 12.9. The number of hydrogen-bond donors (Lipinski definition) is 3. The molecule has 3 N–H and O–H groups in total. The predicted molar refractivity (Wildman–Crippen MR) is 152 cm³/mol. The number of halogens is 4. The molecule has 0 bridgehead atoms. The number of amides is 2. The van der Waals surface area contributed by atoms with E-state index in [2.05, 4.69) is 15.4 Å². The number of methoxy groups -OCH3 is 1. The van der Waals surface area contributed by atoms with Crippen molar-refractivity contribution >= 4 is 23.6 Å². The molecule has 0 aliphatic carbocycles. The molecule has 0 spiro atoms. The van der Waals surface area contributed by atoms with E-state index in [1.807, 2.05) is 48.9 Å². The Hall–Kier alpha value is -3.77. The lowest BCUT2D eigenvalue weighted by Gasteiger charge is -2.20. The Bertz CT molecular complexity index is 1360. The van der Waals surface area contributed by atoms with Gasteiger partial charge in [-0.15, -0.1) is 0 Å². The molecule has 42 heavy (non-hydrogen) atoms. The number of hydrogen-bond acceptors (Lipinski definition) is 6. The third-order valence-electron chi connectivity index (χ3n) is 6.56. The molecule has 3 aromatic rings. The van der Waals surface area contributed by atoms with Crippen molar-refractivity contribution in [2.45, 2.75) is 64.5 Å². The fourth-order valence-corrected chi connectivity index (χ4v) is 4.43. The van der Waals surface area contributed by atoms with Gasteiger partial charge in [0.1, 0.15) is 11.6 Å². The van der Waals surface area contributed by atoms with Crippen LogP contribution in [-0.2, 0) is 17.7 Å². The largest absolute Gasteiger partial charge is 0.480 e. The molecular weight excluding hydrogens is 577 g/mol. The normalized spacial score (nSPS) is 13.6. The van der Waals surface area contributed by atoms with Crippen LogP contribution in [0, 0.1) is 0 Å². The van der Waals surface area contributed by atoms with Gasteiger partial charge in [0.2, 0.25) is 0 Å². The molecule has 228 valence electrons. The highest BCUT2D eigenvalue weighted by molar-refractivity contribution is 6.32. The second-order valence-electron chi connectivity index (χ2n) is 9.66. The topological polar surface area (TPSA) is 115 Å². The van der Waals surface area contributed by atoms with Crippen LogP contribution in [0.5, 0.6) is 5.75 Å². The zero-order chi connectivity index (χ0) is 31.0. The van der Waals surface area contributed by atoms with E-state index < -0.39 is 30.3 Å². The fourth-order valence-electron chi connectivity index (χ4n) is 4.21. The van der Waals surface area contributed by atoms with Gasteiger partial charge in [-0.05, 0) is 57.4 Å². The number of aromatic nitrogens is 2. The van der Waals surface area contributed by atoms with Gasteiger partial charge < -0.3 is 29.8 Å². The molecule has 13 heteroatoms. The molecule has 3 atom stereocenters. The van der Waals surface area contributed by atoms with Crippen LogP contribution in [0.4, 0.5) is 18.0 Å². The monoisotopic (exact) mass is 610 g/mol. The van der Waals surface area contributed by atoms with Gasteiger partial charge in [-0.2, -0.15) is 13.2 Å². The Morgan fingerprint density at radius 3 is 2.38 bits per heavy atom. The van der Waals surface area contributed by atoms with E-state index in [1.165, 1.54) is 25.3 Å². The molecule has 1 aromatic heterocycles. The summed E-state index contributed by atoms with van der Waals surface area (Å²) in [5.41, 5.74) is 2.63. The van der Waals surface area contributed by atoms with E-state index in [9.17, 15) is 27.9 Å². The summed E-state index contributed by atoms with van der Waals surface area (Å²) in [5.74, 6) is 0.00656. The summed E-state index contributed by atoms with van der Waals surface area (Å²) in [6, 6.07) is 10.6. The van der Waals surface area contributed by atoms with Gasteiger partial charge in [0.15, 0.2) is 6.10 Å². The van der Waals surface area contributed by atoms with E-state index in [0.29, 0.717) is 18.8 Å². The fraction of sp³-hybridized carbons (Fsp3) is 0.414. The van der Waals surface area contributed by atoms with Gasteiger partial charge in [-0.3, -0.25) is 4.79 Å². The molecule has 0 fully saturated rings. The zero-order valence-corrected chi connectivity index (χ0v) is 24.4. The maximum Gasteiger partial charge on any atom is 0.425 e. The number of nitrogens with zero attached hydrogens (tertiary/aromatic N) is 2. The number of benzene rings is 2. The van der Waals surface area contributed by atoms with Crippen LogP contribution in [-0.4, -0.2) is 58.7 Å². The summed E-state index contributed by atoms with van der Waals surface area (Å²) < 4.78 is 49.9. The number of rotatable bonds is 12. The van der Waals surface area contributed by atoms with Crippen LogP contribution in [0.2, 0.25) is 5.02 Å². The molecule has 0 saturated heterocycles. The van der Waals surface area contributed by atoms with Crippen molar-refractivity contribution in [1.82, 2.24) is 20.2 Å². The minimum atomic E-state index is -4.56. The molecule has 2 aromatic carbocycles. The van der Waals surface area contributed by atoms with E-state index in [-0.39, 0.29) is 35.4 Å². The second kappa shape index (κ2) is 14.4. The summed E-state index contributed by atoms with van der Waals surface area (Å²) in [5, 5.41) is 15.0. The summed E-state index contributed by atoms with van der Waals surface area (Å²) in [6.45, 7) is 5.15. The zero-order valence-electron chi connectivity index (χ0n) is 23.7. The molecule has 9 nitrogen and oxygen atoms in total. The lowest BCUT2D eigenvalue weighted by molar-refractivity contribution is -0.189. The van der Waals surface area contributed by atoms with Crippen molar-refractivity contribution in [2.75, 3.05) is 13.7 Å². The maximum absolute atomic E-state index is 12.9. The third kappa shape index (κ3) is 8.62. The van der Waals surface area contributed by atoms with Crippen LogP contribution in [0.15, 0.2) is 48.7 Å². The summed E-state index contributed by atoms with van der Waals surface area (Å²) in [6.07, 6.45) is -4.57. The summed E-state index contributed by atoms with van der Waals surface area (Å²) in [7, 11) is 1.30. The van der Waals surface area contributed by atoms with Gasteiger partial charge in [0, 0.05) is 36.5 Å². The van der Waals surface area contributed by atoms with Crippen LogP contribution < -0.4 is 15.4 Å². The summed E-state index contributed by atoms with van der Waals surface area (Å²) in [4.78, 5) is 29.2. The minimum Gasteiger partial charge on any atom is -0.480 e. The molecule has 0 saturated carbocycles. The van der Waals surface area contributed by atoms with Crippen LogP contribution >= 0.6 is 11.6 Å². The van der Waals surface area contributed by atoms with Crippen molar-refractivity contribution in [3.63, 3.8) is 0 Å². The van der Waals surface area contributed by atoms with Crippen molar-refractivity contribution in [3.05, 3.63) is 70.6 Å². The van der Waals surface area contributed by atoms with Crippen LogP contribution in [0.25, 0.3) is 11.3 Å². The Kier molecular flexibility index (Phi) is 11.2. The average molecular weight is 611 g/mol. The number of ether oxygens (including phenoxy) is 2. The number of aliphatic hydroxyl groups excluding tert-OH is 1. The first-order valence-corrected chi connectivity index (χ1v) is 13.7. The predicted octanol–water partition coefficient (Wildman–Crippen LogP) is 5.69. The number of alkyl carbamates (subject to hydrolysis) is 1. The lowest BCUT2D eigenvalue weighted by Crippen LogP contribution is -2.37. The van der Waals surface area contributed by atoms with E-state index in [4.69, 9.17) is 21.3 Å². The molecule has 0 aliphatic rings. The quantitative estimate of drug-likeness (QED) is 0.243. The van der Waals surface area contributed by atoms with E-state index in [0.717, 1.165) is 23.7 Å². The highest BCUT2D eigenvalue weighted by atomic mass is 35.5. The Balaban J connectivity index is 1.69. The number of aliphatic hydroxyl groups is 1. The SMILES string of the molecule is CCn1cc(-c2ccc(C[C@@H](CCO)NC(=O)c3ccc(O[C@H](C)C(F)(F)F)c(Cl)c3)cc2)nc1C(C)NC(=O)OC. The molecule has 0 aliphatic heterocycles. The standard InChI is InChI=1S/C29H34ClF3N4O5/c1-5-37-16-24(36-26(37)17(2)34-28(40)41-4)20-8-6-19(7-9-20)14-22(12-13-38)35-27(39)21-10-11-25(23(30)15-21)42-18(3)29(31,32)33/h6-11,15-18,22,38H,5,12-14H2,1-4H3,(H,34,40)(H,35,39)/t17?,18-,22-/m1/s1. The van der Waals surface area contributed by atoms with Crippen molar-refractivity contribution in [2.24, 2.45) is 0 Å². The molecule has 1 unspecified atom stereocenters. The Morgan fingerprint density at radius 1 is 1.12 bits per heavy atom. The molecule has 2 amide bonds. The Morgan fingerprint density at radius 2 is 1.81 bits per heavy atom. The molecule has 0 radical (unpaired) electrons. The van der Waals surface area contributed by atoms with Gasteiger partial charge in [0.05, 0.1) is 23.9 Å².